The van der Waals surface area contributed by atoms with Gasteiger partial charge in [-0.05, 0) is 34.1 Å². The average molecular weight is 354 g/mol. The maximum absolute atomic E-state index is 12.0. The van der Waals surface area contributed by atoms with E-state index in [0.717, 1.165) is 0 Å². The molecule has 0 aromatic heterocycles. The number of nitrogens with zero attached hydrogens (tertiary/aromatic N) is 1. The highest BCUT2D eigenvalue weighted by Gasteiger charge is 2.29. The van der Waals surface area contributed by atoms with Gasteiger partial charge in [0.1, 0.15) is 0 Å². The Hall–Kier alpha value is -0.830. The molecule has 0 aromatic rings. The molecule has 1 heterocycles. The predicted molar refractivity (Wildman–Crippen MR) is 89.7 cm³/mol. The molecule has 0 spiro atoms. The number of hydrogen-bond donors (Lipinski definition) is 2. The van der Waals surface area contributed by atoms with Gasteiger partial charge in [-0.15, -0.1) is 0 Å². The normalized spacial score (nSPS) is 22.5. The SMILES string of the molecule is CCNC(=NCCS(=O)(=O)C(C)(C)C)NC1CCS(=O)(=O)C1. The van der Waals surface area contributed by atoms with Crippen LogP contribution in [0, 0.1) is 0 Å². The lowest BCUT2D eigenvalue weighted by atomic mass is 10.3. The Labute approximate surface area is 133 Å². The maximum atomic E-state index is 12.0. The topological polar surface area (TPSA) is 105 Å². The van der Waals surface area contributed by atoms with E-state index in [-0.39, 0.29) is 29.8 Å². The number of sulfone groups is 2. The van der Waals surface area contributed by atoms with E-state index in [0.29, 0.717) is 18.9 Å². The molecular weight excluding hydrogens is 326 g/mol. The van der Waals surface area contributed by atoms with Crippen LogP contribution in [0.4, 0.5) is 0 Å². The van der Waals surface area contributed by atoms with Gasteiger partial charge >= 0.3 is 0 Å². The van der Waals surface area contributed by atoms with Crippen LogP contribution < -0.4 is 10.6 Å². The second-order valence-corrected chi connectivity index (χ2v) is 11.5. The first-order valence-corrected chi connectivity index (χ1v) is 10.9. The summed E-state index contributed by atoms with van der Waals surface area (Å²) >= 11 is 0. The van der Waals surface area contributed by atoms with Gasteiger partial charge in [-0.2, -0.15) is 0 Å². The summed E-state index contributed by atoms with van der Waals surface area (Å²) in [6.07, 6.45) is 0.549. The van der Waals surface area contributed by atoms with Crippen LogP contribution in [0.2, 0.25) is 0 Å². The highest BCUT2D eigenvalue weighted by Crippen LogP contribution is 2.15. The predicted octanol–water partition coefficient (Wildman–Crippen LogP) is -0.0581. The van der Waals surface area contributed by atoms with E-state index in [1.165, 1.54) is 0 Å². The van der Waals surface area contributed by atoms with Crippen molar-refractivity contribution in [3.05, 3.63) is 0 Å². The molecule has 9 heteroatoms. The van der Waals surface area contributed by atoms with Crippen molar-refractivity contribution in [3.63, 3.8) is 0 Å². The van der Waals surface area contributed by atoms with Crippen LogP contribution in [-0.2, 0) is 19.7 Å². The highest BCUT2D eigenvalue weighted by molar-refractivity contribution is 7.92. The standard InChI is InChI=1S/C13H27N3O4S2/c1-5-14-12(16-11-6-8-21(17,18)10-11)15-7-9-22(19,20)13(2,3)4/h11H,5-10H2,1-4H3,(H2,14,15,16). The van der Waals surface area contributed by atoms with Gasteiger partial charge < -0.3 is 10.6 Å². The molecule has 0 bridgehead atoms. The molecule has 0 amide bonds. The first-order chi connectivity index (χ1) is 9.97. The Morgan fingerprint density at radius 1 is 1.32 bits per heavy atom. The molecule has 0 aliphatic carbocycles. The third kappa shape index (κ3) is 5.75. The Balaban J connectivity index is 2.64. The third-order valence-electron chi connectivity index (χ3n) is 3.48. The molecule has 1 aliphatic heterocycles. The van der Waals surface area contributed by atoms with E-state index < -0.39 is 24.4 Å². The largest absolute Gasteiger partial charge is 0.357 e. The van der Waals surface area contributed by atoms with Crippen LogP contribution >= 0.6 is 0 Å². The lowest BCUT2D eigenvalue weighted by Crippen LogP contribution is -2.44. The van der Waals surface area contributed by atoms with Gasteiger partial charge in [-0.1, -0.05) is 0 Å². The van der Waals surface area contributed by atoms with E-state index in [1.54, 1.807) is 20.8 Å². The lowest BCUT2D eigenvalue weighted by molar-refractivity contribution is 0.560. The zero-order valence-corrected chi connectivity index (χ0v) is 15.3. The van der Waals surface area contributed by atoms with Gasteiger partial charge in [-0.25, -0.2) is 16.8 Å². The van der Waals surface area contributed by atoms with Crippen molar-refractivity contribution in [1.29, 1.82) is 0 Å². The molecule has 1 unspecified atom stereocenters. The Bertz CT molecular complexity index is 604. The van der Waals surface area contributed by atoms with Crippen molar-refractivity contribution in [2.45, 2.75) is 44.9 Å². The summed E-state index contributed by atoms with van der Waals surface area (Å²) in [7, 11) is -6.17. The zero-order valence-electron chi connectivity index (χ0n) is 13.7. The Kier molecular flexibility index (Phi) is 6.26. The minimum Gasteiger partial charge on any atom is -0.357 e. The molecule has 130 valence electrons. The Morgan fingerprint density at radius 2 is 1.95 bits per heavy atom. The fourth-order valence-electron chi connectivity index (χ4n) is 2.01. The summed E-state index contributed by atoms with van der Waals surface area (Å²) in [5, 5.41) is 6.07. The summed E-state index contributed by atoms with van der Waals surface area (Å²) in [5.74, 6) is 0.713. The zero-order chi connectivity index (χ0) is 17.0. The molecule has 0 saturated carbocycles. The fourth-order valence-corrected chi connectivity index (χ4v) is 4.62. The summed E-state index contributed by atoms with van der Waals surface area (Å²) in [6.45, 7) is 7.66. The number of aliphatic imine (C=N–C) groups is 1. The number of nitrogens with one attached hydrogen (secondary N) is 2. The van der Waals surface area contributed by atoms with Gasteiger partial charge in [0.15, 0.2) is 25.6 Å². The van der Waals surface area contributed by atoms with Crippen LogP contribution in [0.3, 0.4) is 0 Å². The van der Waals surface area contributed by atoms with Crippen LogP contribution in [0.5, 0.6) is 0 Å². The van der Waals surface area contributed by atoms with Gasteiger partial charge in [0.25, 0.3) is 0 Å². The third-order valence-corrected chi connectivity index (χ3v) is 7.83. The fraction of sp³-hybridized carbons (Fsp3) is 0.923. The number of hydrogen-bond acceptors (Lipinski definition) is 5. The molecule has 1 aliphatic rings. The second-order valence-electron chi connectivity index (χ2n) is 6.44. The van der Waals surface area contributed by atoms with Gasteiger partial charge in [0.05, 0.1) is 28.6 Å². The summed E-state index contributed by atoms with van der Waals surface area (Å²) in [6, 6.07) is -0.165. The second kappa shape index (κ2) is 7.16. The molecule has 2 N–H and O–H groups in total. The number of guanidine groups is 1. The van der Waals surface area contributed by atoms with Crippen molar-refractivity contribution < 1.29 is 16.8 Å². The summed E-state index contributed by atoms with van der Waals surface area (Å²) in [5.41, 5.74) is 0. The maximum Gasteiger partial charge on any atom is 0.191 e. The molecule has 0 aromatic carbocycles. The molecule has 1 fully saturated rings. The molecule has 0 radical (unpaired) electrons. The van der Waals surface area contributed by atoms with Gasteiger partial charge in [0.2, 0.25) is 0 Å². The first kappa shape index (κ1) is 19.2. The van der Waals surface area contributed by atoms with Crippen LogP contribution in [-0.4, -0.2) is 63.9 Å². The van der Waals surface area contributed by atoms with E-state index in [1.807, 2.05) is 6.92 Å². The monoisotopic (exact) mass is 353 g/mol. The quantitative estimate of drug-likeness (QED) is 0.530. The van der Waals surface area contributed by atoms with E-state index in [9.17, 15) is 16.8 Å². The molecule has 22 heavy (non-hydrogen) atoms. The molecule has 1 saturated heterocycles. The van der Waals surface area contributed by atoms with E-state index >= 15 is 0 Å². The van der Waals surface area contributed by atoms with Crippen molar-refractivity contribution in [2.75, 3.05) is 30.3 Å². The van der Waals surface area contributed by atoms with E-state index in [4.69, 9.17) is 0 Å². The molecule has 1 atom stereocenters. The van der Waals surface area contributed by atoms with Crippen LogP contribution in [0.1, 0.15) is 34.1 Å². The smallest absolute Gasteiger partial charge is 0.191 e. The van der Waals surface area contributed by atoms with Crippen molar-refractivity contribution in [3.8, 4) is 0 Å². The van der Waals surface area contributed by atoms with Crippen molar-refractivity contribution in [2.24, 2.45) is 4.99 Å². The summed E-state index contributed by atoms with van der Waals surface area (Å²) < 4.78 is 46.2. The van der Waals surface area contributed by atoms with E-state index in [2.05, 4.69) is 15.6 Å². The van der Waals surface area contributed by atoms with Crippen LogP contribution in [0.25, 0.3) is 0 Å². The Morgan fingerprint density at radius 3 is 2.41 bits per heavy atom. The van der Waals surface area contributed by atoms with Crippen LogP contribution in [0.15, 0.2) is 4.99 Å². The average Bonchev–Trinajstić information content (AvgIpc) is 2.67. The van der Waals surface area contributed by atoms with Gasteiger partial charge in [0, 0.05) is 12.6 Å². The minimum atomic E-state index is -3.21. The first-order valence-electron chi connectivity index (χ1n) is 7.44. The molecule has 7 nitrogen and oxygen atoms in total. The number of rotatable bonds is 5. The van der Waals surface area contributed by atoms with Gasteiger partial charge in [-0.3, -0.25) is 4.99 Å². The van der Waals surface area contributed by atoms with Crippen molar-refractivity contribution in [1.82, 2.24) is 10.6 Å². The van der Waals surface area contributed by atoms with Crippen molar-refractivity contribution >= 4 is 25.6 Å². The summed E-state index contributed by atoms with van der Waals surface area (Å²) in [4.78, 5) is 4.24. The lowest BCUT2D eigenvalue weighted by Gasteiger charge is -2.19. The molecule has 1 rings (SSSR count). The minimum absolute atomic E-state index is 0.0317. The molecular formula is C13H27N3O4S2. The highest BCUT2D eigenvalue weighted by atomic mass is 32.2.